The van der Waals surface area contributed by atoms with Crippen LogP contribution in [0.25, 0.3) is 0 Å². The van der Waals surface area contributed by atoms with Crippen LogP contribution in [0.2, 0.25) is 0 Å². The van der Waals surface area contributed by atoms with Crippen LogP contribution in [-0.4, -0.2) is 31.4 Å². The van der Waals surface area contributed by atoms with E-state index in [9.17, 15) is 0 Å². The number of methoxy groups -OCH3 is 1. The molecular formula is C13H21BNO. The van der Waals surface area contributed by atoms with E-state index in [4.69, 9.17) is 4.74 Å². The molecule has 0 amide bonds. The Bertz CT molecular complexity index is 317. The predicted molar refractivity (Wildman–Crippen MR) is 70.5 cm³/mol. The topological polar surface area (TPSA) is 12.5 Å². The van der Waals surface area contributed by atoms with E-state index in [0.29, 0.717) is 12.1 Å². The highest BCUT2D eigenvalue weighted by Gasteiger charge is 2.17. The van der Waals surface area contributed by atoms with Gasteiger partial charge in [-0.1, -0.05) is 45.9 Å². The molecule has 1 aromatic carbocycles. The molecule has 0 atom stereocenters. The van der Waals surface area contributed by atoms with E-state index >= 15 is 0 Å². The molecule has 0 bridgehead atoms. The van der Waals surface area contributed by atoms with E-state index < -0.39 is 0 Å². The summed E-state index contributed by atoms with van der Waals surface area (Å²) in [5.41, 5.74) is 1.13. The van der Waals surface area contributed by atoms with E-state index in [2.05, 4.69) is 46.0 Å². The molecule has 1 aromatic rings. The zero-order valence-corrected chi connectivity index (χ0v) is 10.9. The first-order valence-corrected chi connectivity index (χ1v) is 5.81. The molecule has 0 aliphatic rings. The highest BCUT2D eigenvalue weighted by molar-refractivity contribution is 6.52. The third-order valence-corrected chi connectivity index (χ3v) is 2.62. The first-order valence-electron chi connectivity index (χ1n) is 5.81. The zero-order chi connectivity index (χ0) is 12.1. The van der Waals surface area contributed by atoms with E-state index in [-0.39, 0.29) is 0 Å². The van der Waals surface area contributed by atoms with Crippen molar-refractivity contribution < 1.29 is 4.74 Å². The number of rotatable bonds is 5. The molecule has 1 rings (SSSR count). The Morgan fingerprint density at radius 3 is 2.12 bits per heavy atom. The molecule has 0 heterocycles. The molecule has 0 aromatic heterocycles. The Labute approximate surface area is 99.9 Å². The van der Waals surface area contributed by atoms with Crippen molar-refractivity contribution in [2.75, 3.05) is 7.11 Å². The maximum atomic E-state index is 5.35. The van der Waals surface area contributed by atoms with Crippen molar-refractivity contribution in [2.45, 2.75) is 39.8 Å². The van der Waals surface area contributed by atoms with Gasteiger partial charge in [-0.25, -0.2) is 0 Å². The second-order valence-corrected chi connectivity index (χ2v) is 4.51. The molecule has 0 spiro atoms. The standard InChI is InChI=1S/C13H21BNO/c1-10(2)15(11(3)4)14-12-8-6-7-9-13(12)16-5/h6-11H,1-5H3. The Hall–Kier alpha value is -0.955. The van der Waals surface area contributed by atoms with E-state index in [1.54, 1.807) is 7.11 Å². The van der Waals surface area contributed by atoms with Gasteiger partial charge in [-0.05, 0) is 23.6 Å². The Kier molecular flexibility index (Phi) is 4.87. The summed E-state index contributed by atoms with van der Waals surface area (Å²) < 4.78 is 5.35. The first kappa shape index (κ1) is 13.1. The van der Waals surface area contributed by atoms with E-state index in [0.717, 1.165) is 11.2 Å². The number of ether oxygens (including phenoxy) is 1. The number of para-hydroxylation sites is 1. The minimum Gasteiger partial charge on any atom is -0.497 e. The molecule has 16 heavy (non-hydrogen) atoms. The molecule has 0 fully saturated rings. The van der Waals surface area contributed by atoms with Crippen LogP contribution in [0.5, 0.6) is 5.75 Å². The molecule has 1 radical (unpaired) electrons. The van der Waals surface area contributed by atoms with Crippen molar-refractivity contribution >= 4 is 12.9 Å². The Balaban J connectivity index is 2.85. The van der Waals surface area contributed by atoms with Crippen LogP contribution in [0.15, 0.2) is 24.3 Å². The van der Waals surface area contributed by atoms with Crippen LogP contribution < -0.4 is 10.2 Å². The van der Waals surface area contributed by atoms with Gasteiger partial charge >= 0.3 is 0 Å². The highest BCUT2D eigenvalue weighted by atomic mass is 16.5. The molecular weight excluding hydrogens is 197 g/mol. The van der Waals surface area contributed by atoms with Gasteiger partial charge in [0.15, 0.2) is 0 Å². The van der Waals surface area contributed by atoms with Crippen molar-refractivity contribution in [2.24, 2.45) is 0 Å². The van der Waals surface area contributed by atoms with Crippen molar-refractivity contribution in [3.8, 4) is 5.75 Å². The van der Waals surface area contributed by atoms with Gasteiger partial charge in [0.2, 0.25) is 0 Å². The molecule has 87 valence electrons. The number of benzene rings is 1. The van der Waals surface area contributed by atoms with Gasteiger partial charge in [-0.15, -0.1) is 0 Å². The summed E-state index contributed by atoms with van der Waals surface area (Å²) in [6, 6.07) is 9.08. The van der Waals surface area contributed by atoms with Crippen LogP contribution in [0.1, 0.15) is 27.7 Å². The van der Waals surface area contributed by atoms with Gasteiger partial charge in [0.25, 0.3) is 7.41 Å². The smallest absolute Gasteiger partial charge is 0.252 e. The Morgan fingerprint density at radius 1 is 1.06 bits per heavy atom. The SMILES string of the molecule is COc1ccccc1[B]N(C(C)C)C(C)C. The van der Waals surface area contributed by atoms with Crippen LogP contribution in [-0.2, 0) is 0 Å². The molecule has 3 heteroatoms. The van der Waals surface area contributed by atoms with Gasteiger partial charge in [0, 0.05) is 0 Å². The van der Waals surface area contributed by atoms with Gasteiger partial charge in [-0.2, -0.15) is 0 Å². The molecule has 0 N–H and O–H groups in total. The summed E-state index contributed by atoms with van der Waals surface area (Å²) >= 11 is 0. The number of hydrogen-bond acceptors (Lipinski definition) is 2. The van der Waals surface area contributed by atoms with Crippen molar-refractivity contribution in [3.05, 3.63) is 24.3 Å². The lowest BCUT2D eigenvalue weighted by Gasteiger charge is -2.30. The lowest BCUT2D eigenvalue weighted by Crippen LogP contribution is -2.45. The lowest BCUT2D eigenvalue weighted by atomic mass is 9.77. The molecule has 0 unspecified atom stereocenters. The quantitative estimate of drug-likeness (QED) is 0.701. The highest BCUT2D eigenvalue weighted by Crippen LogP contribution is 2.08. The van der Waals surface area contributed by atoms with E-state index in [1.807, 2.05) is 18.2 Å². The predicted octanol–water partition coefficient (Wildman–Crippen LogP) is 2.06. The number of hydrogen-bond donors (Lipinski definition) is 0. The van der Waals surface area contributed by atoms with Crippen molar-refractivity contribution in [1.29, 1.82) is 0 Å². The summed E-state index contributed by atoms with van der Waals surface area (Å²) in [7, 11) is 3.88. The molecule has 0 aliphatic heterocycles. The summed E-state index contributed by atoms with van der Waals surface area (Å²) in [5, 5.41) is 0. The average molecular weight is 218 g/mol. The molecule has 0 saturated heterocycles. The molecule has 0 aliphatic carbocycles. The normalized spacial score (nSPS) is 11.2. The minimum atomic E-state index is 0.491. The maximum Gasteiger partial charge on any atom is 0.252 e. The fourth-order valence-electron chi connectivity index (χ4n) is 1.83. The largest absolute Gasteiger partial charge is 0.497 e. The summed E-state index contributed by atoms with van der Waals surface area (Å²) in [5.74, 6) is 0.925. The lowest BCUT2D eigenvalue weighted by molar-refractivity contribution is 0.315. The third-order valence-electron chi connectivity index (χ3n) is 2.62. The average Bonchev–Trinajstić information content (AvgIpc) is 2.25. The van der Waals surface area contributed by atoms with Crippen molar-refractivity contribution in [1.82, 2.24) is 4.81 Å². The summed E-state index contributed by atoms with van der Waals surface area (Å²) in [4.78, 5) is 2.33. The van der Waals surface area contributed by atoms with E-state index in [1.165, 1.54) is 0 Å². The monoisotopic (exact) mass is 218 g/mol. The van der Waals surface area contributed by atoms with Crippen LogP contribution >= 0.6 is 0 Å². The van der Waals surface area contributed by atoms with Gasteiger partial charge < -0.3 is 9.55 Å². The summed E-state index contributed by atoms with van der Waals surface area (Å²) in [6.45, 7) is 8.80. The minimum absolute atomic E-state index is 0.491. The Morgan fingerprint density at radius 2 is 1.62 bits per heavy atom. The van der Waals surface area contributed by atoms with Gasteiger partial charge in [-0.3, -0.25) is 0 Å². The fourth-order valence-corrected chi connectivity index (χ4v) is 1.83. The zero-order valence-electron chi connectivity index (χ0n) is 10.9. The fraction of sp³-hybridized carbons (Fsp3) is 0.538. The van der Waals surface area contributed by atoms with Crippen LogP contribution in [0.4, 0.5) is 0 Å². The number of nitrogens with zero attached hydrogens (tertiary/aromatic N) is 1. The van der Waals surface area contributed by atoms with Crippen LogP contribution in [0.3, 0.4) is 0 Å². The molecule has 2 nitrogen and oxygen atoms in total. The van der Waals surface area contributed by atoms with Crippen molar-refractivity contribution in [3.63, 3.8) is 0 Å². The van der Waals surface area contributed by atoms with Gasteiger partial charge in [0.1, 0.15) is 5.75 Å². The second kappa shape index (κ2) is 5.95. The maximum absolute atomic E-state index is 5.35. The molecule has 0 saturated carbocycles. The third kappa shape index (κ3) is 3.27. The van der Waals surface area contributed by atoms with Crippen LogP contribution in [0, 0.1) is 0 Å². The summed E-state index contributed by atoms with van der Waals surface area (Å²) in [6.07, 6.45) is 0. The first-order chi connectivity index (χ1) is 7.56. The second-order valence-electron chi connectivity index (χ2n) is 4.51. The van der Waals surface area contributed by atoms with Gasteiger partial charge in [0.05, 0.1) is 7.11 Å².